The summed E-state index contributed by atoms with van der Waals surface area (Å²) in [5, 5.41) is 0.946. The number of fused-ring (bicyclic) bond motifs is 1. The number of ketones is 1. The molecule has 4 rings (SSSR count). The van der Waals surface area contributed by atoms with Gasteiger partial charge in [-0.05, 0) is 36.4 Å². The number of methoxy groups -OCH3 is 2. The van der Waals surface area contributed by atoms with E-state index in [1.807, 2.05) is 24.3 Å². The lowest BCUT2D eigenvalue weighted by atomic mass is 10.1. The molecular weight excluding hydrogens is 412 g/mol. The Morgan fingerprint density at radius 3 is 2.42 bits per heavy atom. The molecule has 3 aromatic carbocycles. The van der Waals surface area contributed by atoms with Gasteiger partial charge in [-0.1, -0.05) is 42.1 Å². The summed E-state index contributed by atoms with van der Waals surface area (Å²) in [5.41, 5.74) is 1.56. The predicted molar refractivity (Wildman–Crippen MR) is 122 cm³/mol. The van der Waals surface area contributed by atoms with E-state index >= 15 is 0 Å². The Morgan fingerprint density at radius 2 is 1.65 bits per heavy atom. The number of thioether (sulfide) groups is 1. The molecule has 0 spiro atoms. The summed E-state index contributed by atoms with van der Waals surface area (Å²) in [4.78, 5) is 30.8. The second kappa shape index (κ2) is 9.06. The first kappa shape index (κ1) is 20.7. The van der Waals surface area contributed by atoms with Gasteiger partial charge < -0.3 is 9.47 Å². The van der Waals surface area contributed by atoms with Crippen molar-refractivity contribution < 1.29 is 14.3 Å². The zero-order valence-electron chi connectivity index (χ0n) is 17.1. The number of rotatable bonds is 7. The Kier molecular flexibility index (Phi) is 6.04. The molecule has 0 aliphatic carbocycles. The van der Waals surface area contributed by atoms with Gasteiger partial charge in [0.15, 0.2) is 10.9 Å². The maximum Gasteiger partial charge on any atom is 0.266 e. The van der Waals surface area contributed by atoms with Gasteiger partial charge in [0.25, 0.3) is 5.56 Å². The Bertz CT molecular complexity index is 1320. The monoisotopic (exact) mass is 432 g/mol. The second-order valence-corrected chi connectivity index (χ2v) is 7.64. The Hall–Kier alpha value is -3.58. The van der Waals surface area contributed by atoms with Crippen LogP contribution in [-0.4, -0.2) is 35.3 Å². The molecule has 0 amide bonds. The number of ether oxygens (including phenoxy) is 2. The van der Waals surface area contributed by atoms with Gasteiger partial charge in [0.2, 0.25) is 0 Å². The molecule has 0 saturated heterocycles. The average molecular weight is 433 g/mol. The quantitative estimate of drug-likeness (QED) is 0.245. The number of nitrogens with zero attached hydrogens (tertiary/aromatic N) is 2. The normalized spacial score (nSPS) is 10.8. The van der Waals surface area contributed by atoms with Gasteiger partial charge in [-0.2, -0.15) is 0 Å². The van der Waals surface area contributed by atoms with Gasteiger partial charge in [-0.15, -0.1) is 0 Å². The van der Waals surface area contributed by atoms with Crippen LogP contribution in [0.4, 0.5) is 0 Å². The molecule has 1 aromatic heterocycles. The number of aromatic nitrogens is 2. The van der Waals surface area contributed by atoms with Crippen molar-refractivity contribution in [3.05, 3.63) is 88.7 Å². The topological polar surface area (TPSA) is 70.4 Å². The molecule has 0 fully saturated rings. The third-order valence-electron chi connectivity index (χ3n) is 4.78. The molecule has 0 atom stereocenters. The van der Waals surface area contributed by atoms with Gasteiger partial charge in [0, 0.05) is 11.6 Å². The number of Topliss-reactive ketones (excluding diaryl/α,β-unsaturated/α-hetero) is 1. The van der Waals surface area contributed by atoms with Crippen molar-refractivity contribution in [1.29, 1.82) is 0 Å². The van der Waals surface area contributed by atoms with Crippen LogP contribution < -0.4 is 15.0 Å². The van der Waals surface area contributed by atoms with E-state index in [-0.39, 0.29) is 17.1 Å². The van der Waals surface area contributed by atoms with E-state index in [1.165, 1.54) is 16.3 Å². The highest BCUT2D eigenvalue weighted by Gasteiger charge is 2.16. The molecular formula is C24H20N2O4S. The van der Waals surface area contributed by atoms with Crippen LogP contribution in [0.15, 0.2) is 82.7 Å². The molecule has 0 saturated carbocycles. The maximum absolute atomic E-state index is 13.3. The molecule has 156 valence electrons. The Morgan fingerprint density at radius 1 is 0.935 bits per heavy atom. The molecule has 0 aliphatic rings. The van der Waals surface area contributed by atoms with Gasteiger partial charge in [-0.25, -0.2) is 4.98 Å². The van der Waals surface area contributed by atoms with E-state index in [0.29, 0.717) is 38.8 Å². The van der Waals surface area contributed by atoms with E-state index in [2.05, 4.69) is 4.98 Å². The van der Waals surface area contributed by atoms with E-state index in [1.54, 1.807) is 62.8 Å². The van der Waals surface area contributed by atoms with Crippen molar-refractivity contribution in [2.75, 3.05) is 20.0 Å². The van der Waals surface area contributed by atoms with Crippen molar-refractivity contribution in [2.24, 2.45) is 0 Å². The molecule has 0 radical (unpaired) electrons. The first-order valence-corrected chi connectivity index (χ1v) is 10.6. The first-order chi connectivity index (χ1) is 15.1. The van der Waals surface area contributed by atoms with Gasteiger partial charge >= 0.3 is 0 Å². The minimum Gasteiger partial charge on any atom is -0.497 e. The van der Waals surface area contributed by atoms with Gasteiger partial charge in [0.1, 0.15) is 11.5 Å². The molecule has 1 heterocycles. The fraction of sp³-hybridized carbons (Fsp3) is 0.125. The highest BCUT2D eigenvalue weighted by atomic mass is 32.2. The van der Waals surface area contributed by atoms with Crippen LogP contribution in [0.25, 0.3) is 16.6 Å². The SMILES string of the molecule is COc1cccc(C(=O)CSc2nc3ccccc3c(=O)n2-c2cccc(OC)c2)c1. The largest absolute Gasteiger partial charge is 0.497 e. The van der Waals surface area contributed by atoms with Gasteiger partial charge in [-0.3, -0.25) is 14.2 Å². The zero-order chi connectivity index (χ0) is 21.8. The smallest absolute Gasteiger partial charge is 0.266 e. The molecule has 7 heteroatoms. The molecule has 0 unspecified atom stereocenters. The molecule has 31 heavy (non-hydrogen) atoms. The molecule has 0 bridgehead atoms. The molecule has 4 aromatic rings. The van der Waals surface area contributed by atoms with Crippen LogP contribution in [0, 0.1) is 0 Å². The van der Waals surface area contributed by atoms with Crippen molar-refractivity contribution in [2.45, 2.75) is 5.16 Å². The molecule has 0 N–H and O–H groups in total. The van der Waals surface area contributed by atoms with Crippen molar-refractivity contribution >= 4 is 28.4 Å². The van der Waals surface area contributed by atoms with Crippen molar-refractivity contribution in [3.8, 4) is 17.2 Å². The minimum atomic E-state index is -0.199. The van der Waals surface area contributed by atoms with Crippen LogP contribution in [0.1, 0.15) is 10.4 Å². The summed E-state index contributed by atoms with van der Waals surface area (Å²) in [6, 6.07) is 21.4. The summed E-state index contributed by atoms with van der Waals surface area (Å²) in [6.45, 7) is 0. The van der Waals surface area contributed by atoms with Crippen LogP contribution in [0.2, 0.25) is 0 Å². The average Bonchev–Trinajstić information content (AvgIpc) is 2.82. The summed E-state index contributed by atoms with van der Waals surface area (Å²) < 4.78 is 12.0. The summed E-state index contributed by atoms with van der Waals surface area (Å²) in [7, 11) is 3.13. The van der Waals surface area contributed by atoms with E-state index < -0.39 is 0 Å². The maximum atomic E-state index is 13.3. The first-order valence-electron chi connectivity index (χ1n) is 9.57. The molecule has 6 nitrogen and oxygen atoms in total. The zero-order valence-corrected chi connectivity index (χ0v) is 17.9. The van der Waals surface area contributed by atoms with E-state index in [9.17, 15) is 9.59 Å². The number of carbonyl (C=O) groups is 1. The van der Waals surface area contributed by atoms with Crippen LogP contribution >= 0.6 is 11.8 Å². The second-order valence-electron chi connectivity index (χ2n) is 6.70. The Balaban J connectivity index is 1.75. The lowest BCUT2D eigenvalue weighted by Crippen LogP contribution is -2.22. The van der Waals surface area contributed by atoms with Gasteiger partial charge in [0.05, 0.1) is 36.6 Å². The van der Waals surface area contributed by atoms with Crippen LogP contribution in [-0.2, 0) is 0 Å². The minimum absolute atomic E-state index is 0.0801. The summed E-state index contributed by atoms with van der Waals surface area (Å²) in [6.07, 6.45) is 0. The fourth-order valence-electron chi connectivity index (χ4n) is 3.20. The molecule has 0 aliphatic heterocycles. The lowest BCUT2D eigenvalue weighted by Gasteiger charge is -2.14. The lowest BCUT2D eigenvalue weighted by molar-refractivity contribution is 0.102. The summed E-state index contributed by atoms with van der Waals surface area (Å²) in [5.74, 6) is 1.29. The Labute approximate surface area is 183 Å². The predicted octanol–water partition coefficient (Wildman–Crippen LogP) is 4.38. The van der Waals surface area contributed by atoms with E-state index in [4.69, 9.17) is 9.47 Å². The number of benzene rings is 3. The van der Waals surface area contributed by atoms with Crippen molar-refractivity contribution in [3.63, 3.8) is 0 Å². The van der Waals surface area contributed by atoms with Crippen LogP contribution in [0.5, 0.6) is 11.5 Å². The number of carbonyl (C=O) groups excluding carboxylic acids is 1. The highest BCUT2D eigenvalue weighted by molar-refractivity contribution is 7.99. The number of hydrogen-bond acceptors (Lipinski definition) is 6. The van der Waals surface area contributed by atoms with E-state index in [0.717, 1.165) is 0 Å². The van der Waals surface area contributed by atoms with Crippen LogP contribution in [0.3, 0.4) is 0 Å². The summed E-state index contributed by atoms with van der Waals surface area (Å²) >= 11 is 1.22. The number of hydrogen-bond donors (Lipinski definition) is 0. The van der Waals surface area contributed by atoms with Crippen molar-refractivity contribution in [1.82, 2.24) is 9.55 Å². The highest BCUT2D eigenvalue weighted by Crippen LogP contribution is 2.24. The fourth-order valence-corrected chi connectivity index (χ4v) is 4.10. The standard InChI is InChI=1S/C24H20N2O4S/c1-29-18-9-5-7-16(13-18)22(27)15-31-24-25-21-12-4-3-11-20(21)23(28)26(24)17-8-6-10-19(14-17)30-2/h3-14H,15H2,1-2H3. The number of para-hydroxylation sites is 1. The third kappa shape index (κ3) is 4.32. The third-order valence-corrected chi connectivity index (χ3v) is 5.72.